The van der Waals surface area contributed by atoms with Crippen molar-refractivity contribution in [3.05, 3.63) is 143 Å². The zero-order valence-electron chi connectivity index (χ0n) is 22.5. The van der Waals surface area contributed by atoms with Gasteiger partial charge in [-0.05, 0) is 76.5 Å². The van der Waals surface area contributed by atoms with E-state index in [0.717, 1.165) is 38.8 Å². The van der Waals surface area contributed by atoms with Gasteiger partial charge in [0.2, 0.25) is 0 Å². The Labute approximate surface area is 242 Å². The van der Waals surface area contributed by atoms with Crippen molar-refractivity contribution in [2.75, 3.05) is 5.32 Å². The van der Waals surface area contributed by atoms with Crippen LogP contribution >= 0.6 is 0 Å². The minimum atomic E-state index is -0.992. The minimum absolute atomic E-state index is 0.196. The van der Waals surface area contributed by atoms with Gasteiger partial charge in [0.15, 0.2) is 0 Å². The Morgan fingerprint density at radius 2 is 1.60 bits per heavy atom. The molecular formula is C35H26N4O3. The number of hydrogen-bond donors (Lipinski definition) is 3. The fraction of sp³-hybridized carbons (Fsp3) is 0.0571. The molecule has 0 saturated carbocycles. The van der Waals surface area contributed by atoms with E-state index in [1.165, 1.54) is 17.5 Å². The van der Waals surface area contributed by atoms with Gasteiger partial charge in [-0.1, -0.05) is 54.6 Å². The Hall–Kier alpha value is -5.87. The summed E-state index contributed by atoms with van der Waals surface area (Å²) in [5.74, 6) is -1.23. The number of carbonyl (C=O) groups is 2. The molecule has 0 unspecified atom stereocenters. The van der Waals surface area contributed by atoms with Crippen molar-refractivity contribution in [2.24, 2.45) is 0 Å². The monoisotopic (exact) mass is 550 g/mol. The number of hydrogen-bond acceptors (Lipinski definition) is 4. The van der Waals surface area contributed by atoms with Gasteiger partial charge in [-0.3, -0.25) is 4.79 Å². The standard InChI is InChI=1S/C35H26N4O3/c36-20-24-4-3-7-29(19-24)38-32-15-14-31(34(40)37-21-23-8-12-27(13-9-23)35(41)42)33-30(32)16-17-39(33)22-25-10-11-26-5-1-2-6-28(26)18-25/h1-19,38H,21-22H2,(H,37,40)(H,41,42). The van der Waals surface area contributed by atoms with Gasteiger partial charge >= 0.3 is 5.97 Å². The molecule has 0 bridgehead atoms. The number of aromatic nitrogens is 1. The van der Waals surface area contributed by atoms with Gasteiger partial charge in [0.25, 0.3) is 5.91 Å². The fourth-order valence-corrected chi connectivity index (χ4v) is 5.15. The summed E-state index contributed by atoms with van der Waals surface area (Å²) in [7, 11) is 0. The average molecular weight is 551 g/mol. The highest BCUT2D eigenvalue weighted by Gasteiger charge is 2.17. The molecule has 42 heavy (non-hydrogen) atoms. The van der Waals surface area contributed by atoms with Crippen molar-refractivity contribution in [3.63, 3.8) is 0 Å². The van der Waals surface area contributed by atoms with Crippen LogP contribution in [0.2, 0.25) is 0 Å². The largest absolute Gasteiger partial charge is 0.478 e. The lowest BCUT2D eigenvalue weighted by Crippen LogP contribution is -2.23. The molecule has 6 rings (SSSR count). The zero-order valence-corrected chi connectivity index (χ0v) is 22.5. The van der Waals surface area contributed by atoms with E-state index in [1.807, 2.05) is 42.6 Å². The smallest absolute Gasteiger partial charge is 0.335 e. The number of aromatic carboxylic acids is 1. The Kier molecular flexibility index (Phi) is 7.10. The summed E-state index contributed by atoms with van der Waals surface area (Å²) in [4.78, 5) is 24.7. The molecule has 3 N–H and O–H groups in total. The van der Waals surface area contributed by atoms with Crippen molar-refractivity contribution >= 4 is 44.9 Å². The maximum Gasteiger partial charge on any atom is 0.335 e. The highest BCUT2D eigenvalue weighted by molar-refractivity contribution is 6.09. The van der Waals surface area contributed by atoms with Gasteiger partial charge in [0.1, 0.15) is 0 Å². The van der Waals surface area contributed by atoms with Gasteiger partial charge in [-0.2, -0.15) is 5.26 Å². The predicted octanol–water partition coefficient (Wildman–Crippen LogP) is 7.09. The first-order chi connectivity index (χ1) is 20.5. The van der Waals surface area contributed by atoms with Crippen LogP contribution < -0.4 is 10.6 Å². The number of anilines is 2. The quantitative estimate of drug-likeness (QED) is 0.188. The van der Waals surface area contributed by atoms with Gasteiger partial charge in [-0.25, -0.2) is 4.79 Å². The van der Waals surface area contributed by atoms with Gasteiger partial charge in [0.05, 0.1) is 28.3 Å². The van der Waals surface area contributed by atoms with Crippen LogP contribution in [0, 0.1) is 11.3 Å². The first-order valence-electron chi connectivity index (χ1n) is 13.5. The molecule has 204 valence electrons. The molecule has 5 aromatic carbocycles. The molecule has 7 nitrogen and oxygen atoms in total. The van der Waals surface area contributed by atoms with Crippen LogP contribution in [0.4, 0.5) is 11.4 Å². The highest BCUT2D eigenvalue weighted by Crippen LogP contribution is 2.31. The lowest BCUT2D eigenvalue weighted by molar-refractivity contribution is 0.0696. The second kappa shape index (κ2) is 11.3. The molecule has 1 amide bonds. The van der Waals surface area contributed by atoms with Crippen molar-refractivity contribution in [1.29, 1.82) is 5.26 Å². The second-order valence-electron chi connectivity index (χ2n) is 10.1. The number of benzene rings is 5. The average Bonchev–Trinajstić information content (AvgIpc) is 3.44. The van der Waals surface area contributed by atoms with Crippen LogP contribution in [0.1, 0.15) is 37.4 Å². The van der Waals surface area contributed by atoms with E-state index in [-0.39, 0.29) is 18.0 Å². The van der Waals surface area contributed by atoms with Crippen molar-refractivity contribution in [3.8, 4) is 6.07 Å². The van der Waals surface area contributed by atoms with Crippen LogP contribution in [0.25, 0.3) is 21.7 Å². The lowest BCUT2D eigenvalue weighted by Gasteiger charge is -2.15. The first kappa shape index (κ1) is 26.4. The number of carboxylic acid groups (broad SMARTS) is 1. The number of nitriles is 1. The van der Waals surface area contributed by atoms with E-state index < -0.39 is 5.97 Å². The van der Waals surface area contributed by atoms with Crippen molar-refractivity contribution in [1.82, 2.24) is 9.88 Å². The molecule has 0 spiro atoms. The number of fused-ring (bicyclic) bond motifs is 2. The highest BCUT2D eigenvalue weighted by atomic mass is 16.4. The molecule has 1 heterocycles. The molecule has 0 aliphatic heterocycles. The summed E-state index contributed by atoms with van der Waals surface area (Å²) in [6.45, 7) is 0.825. The molecule has 6 aromatic rings. The second-order valence-corrected chi connectivity index (χ2v) is 10.1. The van der Waals surface area contributed by atoms with Crippen LogP contribution in [0.15, 0.2) is 115 Å². The van der Waals surface area contributed by atoms with E-state index in [4.69, 9.17) is 5.11 Å². The van der Waals surface area contributed by atoms with Gasteiger partial charge in [0, 0.05) is 36.0 Å². The Morgan fingerprint density at radius 3 is 2.38 bits per heavy atom. The maximum atomic E-state index is 13.6. The number of carbonyl (C=O) groups excluding carboxylic acids is 1. The summed E-state index contributed by atoms with van der Waals surface area (Å²) in [6, 6.07) is 36.1. The zero-order chi connectivity index (χ0) is 29.1. The maximum absolute atomic E-state index is 13.6. The summed E-state index contributed by atoms with van der Waals surface area (Å²) >= 11 is 0. The minimum Gasteiger partial charge on any atom is -0.478 e. The Morgan fingerprint density at radius 1 is 0.810 bits per heavy atom. The number of nitrogens with one attached hydrogen (secondary N) is 2. The molecule has 0 radical (unpaired) electrons. The summed E-state index contributed by atoms with van der Waals surface area (Å²) in [6.07, 6.45) is 1.98. The topological polar surface area (TPSA) is 107 Å². The SMILES string of the molecule is N#Cc1cccc(Nc2ccc(C(=O)NCc3ccc(C(=O)O)cc3)c3c2ccn3Cc2ccc3ccccc3c2)c1. The number of nitrogens with zero attached hydrogens (tertiary/aromatic N) is 2. The summed E-state index contributed by atoms with van der Waals surface area (Å²) in [5.41, 5.74) is 5.55. The molecule has 1 aromatic heterocycles. The molecule has 7 heteroatoms. The molecule has 0 atom stereocenters. The van der Waals surface area contributed by atoms with E-state index in [9.17, 15) is 14.9 Å². The van der Waals surface area contributed by atoms with Crippen LogP contribution in [0.3, 0.4) is 0 Å². The Balaban J connectivity index is 1.35. The van der Waals surface area contributed by atoms with Crippen LogP contribution in [0.5, 0.6) is 0 Å². The third-order valence-corrected chi connectivity index (χ3v) is 7.26. The van der Waals surface area contributed by atoms with Gasteiger partial charge < -0.3 is 20.3 Å². The predicted molar refractivity (Wildman–Crippen MR) is 164 cm³/mol. The van der Waals surface area contributed by atoms with Gasteiger partial charge in [-0.15, -0.1) is 0 Å². The van der Waals surface area contributed by atoms with E-state index in [1.54, 1.807) is 30.3 Å². The molecule has 0 saturated heterocycles. The fourth-order valence-electron chi connectivity index (χ4n) is 5.15. The normalized spacial score (nSPS) is 10.8. The van der Waals surface area contributed by atoms with Crippen LogP contribution in [-0.2, 0) is 13.1 Å². The number of carboxylic acids is 1. The van der Waals surface area contributed by atoms with Crippen molar-refractivity contribution in [2.45, 2.75) is 13.1 Å². The molecule has 0 aliphatic carbocycles. The third-order valence-electron chi connectivity index (χ3n) is 7.26. The lowest BCUT2D eigenvalue weighted by atomic mass is 10.1. The van der Waals surface area contributed by atoms with Crippen molar-refractivity contribution < 1.29 is 14.7 Å². The number of rotatable bonds is 8. The number of amides is 1. The summed E-state index contributed by atoms with van der Waals surface area (Å²) in [5, 5.41) is 28.1. The Bertz CT molecular complexity index is 2000. The molecular weight excluding hydrogens is 524 g/mol. The van der Waals surface area contributed by atoms with E-state index in [0.29, 0.717) is 17.7 Å². The summed E-state index contributed by atoms with van der Waals surface area (Å²) < 4.78 is 2.08. The van der Waals surface area contributed by atoms with Crippen LogP contribution in [-0.4, -0.2) is 21.6 Å². The van der Waals surface area contributed by atoms with E-state index >= 15 is 0 Å². The first-order valence-corrected chi connectivity index (χ1v) is 13.5. The molecule has 0 aliphatic rings. The molecule has 0 fully saturated rings. The van der Waals surface area contributed by atoms with E-state index in [2.05, 4.69) is 51.6 Å². The third kappa shape index (κ3) is 5.42.